The van der Waals surface area contributed by atoms with Gasteiger partial charge >= 0.3 is 5.97 Å². The summed E-state index contributed by atoms with van der Waals surface area (Å²) >= 11 is 3.21. The summed E-state index contributed by atoms with van der Waals surface area (Å²) in [5, 5.41) is 0. The van der Waals surface area contributed by atoms with Gasteiger partial charge in [0.15, 0.2) is 6.61 Å². The SMILES string of the molecule is Nc1ccc(OCC(=O)OCc2ccc(F)cc2Br)cc1. The minimum atomic E-state index is -0.511. The Balaban J connectivity index is 1.80. The Hall–Kier alpha value is -2.08. The number of esters is 1. The number of rotatable bonds is 5. The first-order valence-electron chi connectivity index (χ1n) is 6.12. The normalized spacial score (nSPS) is 10.2. The molecule has 0 aliphatic carbocycles. The van der Waals surface area contributed by atoms with Gasteiger partial charge in [0.1, 0.15) is 18.2 Å². The Labute approximate surface area is 129 Å². The molecular weight excluding hydrogens is 341 g/mol. The number of nitrogens with two attached hydrogens (primary N) is 1. The zero-order chi connectivity index (χ0) is 15.2. The summed E-state index contributed by atoms with van der Waals surface area (Å²) in [5.41, 5.74) is 6.84. The Kier molecular flexibility index (Phi) is 5.16. The molecule has 110 valence electrons. The highest BCUT2D eigenvalue weighted by atomic mass is 79.9. The average molecular weight is 354 g/mol. The van der Waals surface area contributed by atoms with Crippen LogP contribution in [0, 0.1) is 5.82 Å². The van der Waals surface area contributed by atoms with Crippen LogP contribution in [-0.4, -0.2) is 12.6 Å². The fourth-order valence-corrected chi connectivity index (χ4v) is 2.01. The van der Waals surface area contributed by atoms with E-state index >= 15 is 0 Å². The maximum atomic E-state index is 12.9. The van der Waals surface area contributed by atoms with E-state index in [2.05, 4.69) is 15.9 Å². The van der Waals surface area contributed by atoms with Crippen molar-refractivity contribution in [3.05, 3.63) is 58.3 Å². The number of hydrogen-bond acceptors (Lipinski definition) is 4. The van der Waals surface area contributed by atoms with Crippen LogP contribution in [0.4, 0.5) is 10.1 Å². The van der Waals surface area contributed by atoms with Crippen LogP contribution in [0.3, 0.4) is 0 Å². The zero-order valence-electron chi connectivity index (χ0n) is 11.0. The van der Waals surface area contributed by atoms with E-state index in [1.807, 2.05) is 0 Å². The summed E-state index contributed by atoms with van der Waals surface area (Å²) in [5.74, 6) is -0.337. The molecule has 0 heterocycles. The predicted octanol–water partition coefficient (Wildman–Crippen LogP) is 3.29. The van der Waals surface area contributed by atoms with Gasteiger partial charge in [0, 0.05) is 15.7 Å². The molecule has 0 aliphatic rings. The molecule has 0 saturated carbocycles. The van der Waals surface area contributed by atoms with Crippen molar-refractivity contribution >= 4 is 27.6 Å². The summed E-state index contributed by atoms with van der Waals surface area (Å²) in [6.45, 7) is -0.159. The highest BCUT2D eigenvalue weighted by Crippen LogP contribution is 2.19. The highest BCUT2D eigenvalue weighted by Gasteiger charge is 2.07. The number of benzene rings is 2. The van der Waals surface area contributed by atoms with Crippen molar-refractivity contribution in [3.63, 3.8) is 0 Å². The van der Waals surface area contributed by atoms with Gasteiger partial charge in [-0.15, -0.1) is 0 Å². The average Bonchev–Trinajstić information content (AvgIpc) is 2.46. The van der Waals surface area contributed by atoms with Crippen molar-refractivity contribution in [2.45, 2.75) is 6.61 Å². The summed E-state index contributed by atoms with van der Waals surface area (Å²) in [6, 6.07) is 10.9. The van der Waals surface area contributed by atoms with Crippen LogP contribution in [-0.2, 0) is 16.1 Å². The molecule has 2 aromatic rings. The Morgan fingerprint density at radius 2 is 1.90 bits per heavy atom. The molecule has 0 aliphatic heterocycles. The van der Waals surface area contributed by atoms with Gasteiger partial charge in [-0.05, 0) is 36.4 Å². The topological polar surface area (TPSA) is 61.5 Å². The molecule has 0 radical (unpaired) electrons. The third-order valence-corrected chi connectivity index (χ3v) is 3.38. The molecule has 0 aromatic heterocycles. The molecule has 0 bridgehead atoms. The minimum absolute atomic E-state index is 0.0464. The molecule has 0 amide bonds. The van der Waals surface area contributed by atoms with E-state index in [-0.39, 0.29) is 19.0 Å². The maximum absolute atomic E-state index is 12.9. The lowest BCUT2D eigenvalue weighted by atomic mass is 10.2. The summed E-state index contributed by atoms with van der Waals surface area (Å²) < 4.78 is 23.8. The van der Waals surface area contributed by atoms with E-state index in [0.29, 0.717) is 21.5 Å². The first-order chi connectivity index (χ1) is 10.0. The minimum Gasteiger partial charge on any atom is -0.482 e. The number of halogens is 2. The van der Waals surface area contributed by atoms with Crippen molar-refractivity contribution in [1.82, 2.24) is 0 Å². The lowest BCUT2D eigenvalue weighted by molar-refractivity contribution is -0.147. The first-order valence-corrected chi connectivity index (χ1v) is 6.92. The number of ether oxygens (including phenoxy) is 2. The highest BCUT2D eigenvalue weighted by molar-refractivity contribution is 9.10. The molecule has 0 spiro atoms. The number of anilines is 1. The van der Waals surface area contributed by atoms with E-state index in [1.165, 1.54) is 12.1 Å². The second-order valence-corrected chi connectivity index (χ2v) is 5.11. The zero-order valence-corrected chi connectivity index (χ0v) is 12.6. The van der Waals surface area contributed by atoms with Gasteiger partial charge < -0.3 is 15.2 Å². The van der Waals surface area contributed by atoms with Crippen LogP contribution in [0.15, 0.2) is 46.9 Å². The smallest absolute Gasteiger partial charge is 0.344 e. The second-order valence-electron chi connectivity index (χ2n) is 4.25. The van der Waals surface area contributed by atoms with E-state index < -0.39 is 5.97 Å². The van der Waals surface area contributed by atoms with Crippen LogP contribution < -0.4 is 10.5 Å². The quantitative estimate of drug-likeness (QED) is 0.661. The molecule has 21 heavy (non-hydrogen) atoms. The lowest BCUT2D eigenvalue weighted by Gasteiger charge is -2.08. The van der Waals surface area contributed by atoms with Gasteiger partial charge in [0.05, 0.1) is 0 Å². The van der Waals surface area contributed by atoms with Crippen LogP contribution in [0.5, 0.6) is 5.75 Å². The van der Waals surface area contributed by atoms with E-state index in [4.69, 9.17) is 15.2 Å². The standard InChI is InChI=1S/C15H13BrFNO3/c16-14-7-11(17)2-1-10(14)8-21-15(19)9-20-13-5-3-12(18)4-6-13/h1-7H,8-9,18H2. The summed E-state index contributed by atoms with van der Waals surface area (Å²) in [6.07, 6.45) is 0. The van der Waals surface area contributed by atoms with Crippen LogP contribution in [0.2, 0.25) is 0 Å². The van der Waals surface area contributed by atoms with Crippen molar-refractivity contribution < 1.29 is 18.7 Å². The molecule has 4 nitrogen and oxygen atoms in total. The molecule has 0 unspecified atom stereocenters. The number of carbonyl (C=O) groups excluding carboxylic acids is 1. The molecular formula is C15H13BrFNO3. The lowest BCUT2D eigenvalue weighted by Crippen LogP contribution is -2.14. The Morgan fingerprint density at radius 1 is 1.19 bits per heavy atom. The third-order valence-electron chi connectivity index (χ3n) is 2.64. The monoisotopic (exact) mass is 353 g/mol. The molecule has 2 aromatic carbocycles. The van der Waals surface area contributed by atoms with E-state index in [9.17, 15) is 9.18 Å². The van der Waals surface area contributed by atoms with Gasteiger partial charge in [-0.2, -0.15) is 0 Å². The first kappa shape index (κ1) is 15.3. The van der Waals surface area contributed by atoms with E-state index in [1.54, 1.807) is 30.3 Å². The van der Waals surface area contributed by atoms with Gasteiger partial charge in [-0.25, -0.2) is 9.18 Å². The Morgan fingerprint density at radius 3 is 2.57 bits per heavy atom. The fraction of sp³-hybridized carbons (Fsp3) is 0.133. The number of carbonyl (C=O) groups is 1. The molecule has 0 atom stereocenters. The number of hydrogen-bond donors (Lipinski definition) is 1. The number of nitrogen functional groups attached to an aromatic ring is 1. The Bertz CT molecular complexity index is 631. The summed E-state index contributed by atoms with van der Waals surface area (Å²) in [7, 11) is 0. The summed E-state index contributed by atoms with van der Waals surface area (Å²) in [4.78, 5) is 11.6. The van der Waals surface area contributed by atoms with Crippen molar-refractivity contribution in [1.29, 1.82) is 0 Å². The molecule has 0 saturated heterocycles. The molecule has 0 fully saturated rings. The van der Waals surface area contributed by atoms with Gasteiger partial charge in [0.25, 0.3) is 0 Å². The van der Waals surface area contributed by atoms with E-state index in [0.717, 1.165) is 0 Å². The van der Waals surface area contributed by atoms with Crippen LogP contribution in [0.1, 0.15) is 5.56 Å². The van der Waals surface area contributed by atoms with Gasteiger partial charge in [0.2, 0.25) is 0 Å². The predicted molar refractivity (Wildman–Crippen MR) is 80.2 cm³/mol. The van der Waals surface area contributed by atoms with Gasteiger partial charge in [-0.1, -0.05) is 22.0 Å². The molecule has 6 heteroatoms. The maximum Gasteiger partial charge on any atom is 0.344 e. The molecule has 2 N–H and O–H groups in total. The van der Waals surface area contributed by atoms with Crippen molar-refractivity contribution in [2.24, 2.45) is 0 Å². The third kappa shape index (κ3) is 4.75. The largest absolute Gasteiger partial charge is 0.482 e. The molecule has 2 rings (SSSR count). The fourth-order valence-electron chi connectivity index (χ4n) is 1.54. The van der Waals surface area contributed by atoms with Gasteiger partial charge in [-0.3, -0.25) is 0 Å². The van der Waals surface area contributed by atoms with Crippen molar-refractivity contribution in [3.8, 4) is 5.75 Å². The van der Waals surface area contributed by atoms with Crippen LogP contribution >= 0.6 is 15.9 Å². The second kappa shape index (κ2) is 7.08. The van der Waals surface area contributed by atoms with Crippen LogP contribution in [0.25, 0.3) is 0 Å². The van der Waals surface area contributed by atoms with Crippen molar-refractivity contribution in [2.75, 3.05) is 12.3 Å².